The Morgan fingerprint density at radius 1 is 1.21 bits per heavy atom. The molecule has 0 spiro atoms. The van der Waals surface area contributed by atoms with Gasteiger partial charge in [0, 0.05) is 24.0 Å². The second-order valence-electron chi connectivity index (χ2n) is 8.45. The molecule has 0 saturated heterocycles. The Hall–Kier alpha value is -4.14. The lowest BCUT2D eigenvalue weighted by Crippen LogP contribution is -2.24. The predicted molar refractivity (Wildman–Crippen MR) is 128 cm³/mol. The van der Waals surface area contributed by atoms with Gasteiger partial charge in [-0.05, 0) is 67.1 Å². The fraction of sp³-hybridized carbons (Fsp3) is 0.280. The van der Waals surface area contributed by atoms with Crippen LogP contribution in [-0.4, -0.2) is 39.2 Å². The number of rotatable bonds is 8. The molecule has 1 fully saturated rings. The summed E-state index contributed by atoms with van der Waals surface area (Å²) in [6.07, 6.45) is 4.26. The van der Waals surface area contributed by atoms with Gasteiger partial charge >= 0.3 is 0 Å². The lowest BCUT2D eigenvalue weighted by Gasteiger charge is -2.13. The number of carbonyl (C=O) groups is 1. The first-order valence-electron chi connectivity index (χ1n) is 11.2. The molecule has 34 heavy (non-hydrogen) atoms. The normalized spacial score (nSPS) is 13.1. The zero-order valence-electron chi connectivity index (χ0n) is 19.1. The number of ether oxygens (including phenoxy) is 2. The number of benzene rings is 1. The minimum Gasteiger partial charge on any atom is -0.493 e. The van der Waals surface area contributed by atoms with Crippen molar-refractivity contribution in [3.8, 4) is 22.8 Å². The summed E-state index contributed by atoms with van der Waals surface area (Å²) in [6.45, 7) is 2.98. The summed E-state index contributed by atoms with van der Waals surface area (Å²) in [7, 11) is 1.50. The van der Waals surface area contributed by atoms with Gasteiger partial charge < -0.3 is 20.5 Å². The molecule has 0 bridgehead atoms. The van der Waals surface area contributed by atoms with E-state index in [9.17, 15) is 4.79 Å². The number of nitrogens with two attached hydrogens (primary N) is 1. The summed E-state index contributed by atoms with van der Waals surface area (Å²) < 4.78 is 12.9. The fourth-order valence-corrected chi connectivity index (χ4v) is 3.78. The molecule has 3 N–H and O–H groups in total. The Kier molecular flexibility index (Phi) is 5.75. The number of hydrogen-bond donors (Lipinski definition) is 2. The van der Waals surface area contributed by atoms with Crippen molar-refractivity contribution in [2.24, 2.45) is 5.92 Å². The Labute approximate surface area is 196 Å². The van der Waals surface area contributed by atoms with Crippen LogP contribution in [0.25, 0.3) is 16.8 Å². The van der Waals surface area contributed by atoms with Gasteiger partial charge in [-0.15, -0.1) is 5.10 Å². The highest BCUT2D eigenvalue weighted by Gasteiger charge is 2.22. The van der Waals surface area contributed by atoms with Crippen LogP contribution in [0.5, 0.6) is 11.6 Å². The lowest BCUT2D eigenvalue weighted by atomic mass is 10.0. The Morgan fingerprint density at radius 3 is 2.85 bits per heavy atom. The van der Waals surface area contributed by atoms with Crippen molar-refractivity contribution in [2.75, 3.05) is 19.5 Å². The number of hydrogen-bond acceptors (Lipinski definition) is 7. The minimum atomic E-state index is -0.275. The molecule has 0 unspecified atom stereocenters. The molecule has 3 heterocycles. The third-order valence-electron chi connectivity index (χ3n) is 5.82. The predicted octanol–water partition coefficient (Wildman–Crippen LogP) is 3.41. The van der Waals surface area contributed by atoms with E-state index in [1.165, 1.54) is 20.0 Å². The highest BCUT2D eigenvalue weighted by molar-refractivity contribution is 5.97. The first-order chi connectivity index (χ1) is 16.5. The smallest absolute Gasteiger partial charge is 0.257 e. The molecule has 0 radical (unpaired) electrons. The van der Waals surface area contributed by atoms with Crippen molar-refractivity contribution in [1.29, 1.82) is 0 Å². The van der Waals surface area contributed by atoms with Gasteiger partial charge in [0.2, 0.25) is 11.8 Å². The summed E-state index contributed by atoms with van der Waals surface area (Å²) in [6, 6.07) is 13.3. The van der Waals surface area contributed by atoms with Gasteiger partial charge in [0.1, 0.15) is 11.3 Å². The number of methoxy groups -OCH3 is 1. The van der Waals surface area contributed by atoms with Crippen molar-refractivity contribution >= 4 is 17.5 Å². The molecule has 0 atom stereocenters. The number of fused-ring (bicyclic) bond motifs is 1. The van der Waals surface area contributed by atoms with E-state index in [4.69, 9.17) is 15.2 Å². The quantitative estimate of drug-likeness (QED) is 0.416. The summed E-state index contributed by atoms with van der Waals surface area (Å²) in [5.41, 5.74) is 9.99. The molecule has 9 nitrogen and oxygen atoms in total. The van der Waals surface area contributed by atoms with Gasteiger partial charge in [0.05, 0.1) is 13.7 Å². The zero-order chi connectivity index (χ0) is 23.7. The van der Waals surface area contributed by atoms with Crippen molar-refractivity contribution in [2.45, 2.75) is 26.3 Å². The number of nitrogens with one attached hydrogen (secondary N) is 1. The fourth-order valence-electron chi connectivity index (χ4n) is 3.78. The maximum Gasteiger partial charge on any atom is 0.257 e. The highest BCUT2D eigenvalue weighted by Crippen LogP contribution is 2.30. The van der Waals surface area contributed by atoms with Crippen molar-refractivity contribution < 1.29 is 14.3 Å². The molecule has 1 aliphatic rings. The van der Waals surface area contributed by atoms with Crippen LogP contribution in [0.2, 0.25) is 0 Å². The van der Waals surface area contributed by atoms with Crippen LogP contribution in [0, 0.1) is 12.8 Å². The Bertz CT molecular complexity index is 1360. The van der Waals surface area contributed by atoms with Crippen molar-refractivity contribution in [1.82, 2.24) is 24.9 Å². The standard InChI is InChI=1S/C25H26N6O3/c1-15-20(18-8-9-31-22(11-18)29-25(26)30-31)12-21(24(28-15)33-2)23(32)27-13-17-4-3-5-19(10-17)34-14-16-6-7-16/h3-5,8-12,16H,6-7,13-14H2,1-2H3,(H2,26,30)(H,27,32). The molecule has 1 aliphatic carbocycles. The zero-order valence-corrected chi connectivity index (χ0v) is 19.1. The van der Waals surface area contributed by atoms with Gasteiger partial charge in [-0.25, -0.2) is 9.50 Å². The highest BCUT2D eigenvalue weighted by atomic mass is 16.5. The summed E-state index contributed by atoms with van der Waals surface area (Å²) in [5.74, 6) is 1.70. The molecule has 5 rings (SSSR count). The largest absolute Gasteiger partial charge is 0.493 e. The first kappa shape index (κ1) is 21.7. The molecule has 3 aromatic heterocycles. The number of amides is 1. The van der Waals surface area contributed by atoms with Gasteiger partial charge in [-0.1, -0.05) is 12.1 Å². The first-order valence-corrected chi connectivity index (χ1v) is 11.2. The molecule has 174 valence electrons. The molecule has 1 amide bonds. The third-order valence-corrected chi connectivity index (χ3v) is 5.82. The second-order valence-corrected chi connectivity index (χ2v) is 8.45. The van der Waals surface area contributed by atoms with Crippen molar-refractivity contribution in [3.63, 3.8) is 0 Å². The van der Waals surface area contributed by atoms with Crippen LogP contribution in [0.15, 0.2) is 48.7 Å². The van der Waals surface area contributed by atoms with E-state index in [0.29, 0.717) is 23.7 Å². The van der Waals surface area contributed by atoms with Gasteiger partial charge in [-0.3, -0.25) is 4.79 Å². The SMILES string of the molecule is COc1nc(C)c(-c2ccn3nc(N)nc3c2)cc1C(=O)NCc1cccc(OCC2CC2)c1. The van der Waals surface area contributed by atoms with E-state index in [1.54, 1.807) is 16.8 Å². The van der Waals surface area contributed by atoms with Crippen LogP contribution in [-0.2, 0) is 6.54 Å². The van der Waals surface area contributed by atoms with E-state index >= 15 is 0 Å². The number of carbonyl (C=O) groups excluding carboxylic acids is 1. The number of pyridine rings is 2. The van der Waals surface area contributed by atoms with Gasteiger partial charge in [0.15, 0.2) is 5.65 Å². The molecule has 1 saturated carbocycles. The summed E-state index contributed by atoms with van der Waals surface area (Å²) in [5, 5.41) is 7.07. The average molecular weight is 459 g/mol. The Morgan fingerprint density at radius 2 is 2.06 bits per heavy atom. The van der Waals surface area contributed by atoms with E-state index < -0.39 is 0 Å². The topological polar surface area (TPSA) is 117 Å². The maximum atomic E-state index is 13.1. The van der Waals surface area contributed by atoms with Crippen LogP contribution >= 0.6 is 0 Å². The number of nitrogens with zero attached hydrogens (tertiary/aromatic N) is 4. The van der Waals surface area contributed by atoms with Crippen LogP contribution in [0.3, 0.4) is 0 Å². The third kappa shape index (κ3) is 4.63. The molecule has 0 aliphatic heterocycles. The Balaban J connectivity index is 1.36. The number of aromatic nitrogens is 4. The molecular formula is C25H26N6O3. The molecule has 1 aromatic carbocycles. The molecule has 9 heteroatoms. The number of nitrogen functional groups attached to an aromatic ring is 1. The monoisotopic (exact) mass is 458 g/mol. The lowest BCUT2D eigenvalue weighted by molar-refractivity contribution is 0.0947. The number of aryl methyl sites for hydroxylation is 1. The van der Waals surface area contributed by atoms with Gasteiger partial charge in [-0.2, -0.15) is 4.98 Å². The molecule has 4 aromatic rings. The van der Waals surface area contributed by atoms with Crippen LogP contribution < -0.4 is 20.5 Å². The van der Waals surface area contributed by atoms with E-state index in [1.807, 2.05) is 43.3 Å². The minimum absolute atomic E-state index is 0.198. The van der Waals surface area contributed by atoms with E-state index in [2.05, 4.69) is 20.4 Å². The maximum absolute atomic E-state index is 13.1. The van der Waals surface area contributed by atoms with E-state index in [0.717, 1.165) is 34.7 Å². The van der Waals surface area contributed by atoms with Crippen LogP contribution in [0.4, 0.5) is 5.95 Å². The molecular weight excluding hydrogens is 432 g/mol. The summed E-state index contributed by atoms with van der Waals surface area (Å²) >= 11 is 0. The average Bonchev–Trinajstić information content (AvgIpc) is 3.60. The van der Waals surface area contributed by atoms with Crippen molar-refractivity contribution in [3.05, 3.63) is 65.5 Å². The second kappa shape index (κ2) is 9.01. The summed E-state index contributed by atoms with van der Waals surface area (Å²) in [4.78, 5) is 21.8. The van der Waals surface area contributed by atoms with E-state index in [-0.39, 0.29) is 17.7 Å². The van der Waals surface area contributed by atoms with Crippen LogP contribution in [0.1, 0.15) is 34.5 Å². The number of anilines is 1. The van der Waals surface area contributed by atoms with Gasteiger partial charge in [0.25, 0.3) is 5.91 Å².